The van der Waals surface area contributed by atoms with Crippen LogP contribution in [0.4, 0.5) is 0 Å². The topological polar surface area (TPSA) is 15.3 Å². The SMILES string of the molecule is CCc1ccc(C(c2ccc(C)s2)N2CCNCC2)s1. The van der Waals surface area contributed by atoms with Crippen LogP contribution in [0, 0.1) is 6.92 Å². The molecule has 2 aromatic rings. The molecule has 108 valence electrons. The van der Waals surface area contributed by atoms with Gasteiger partial charge in [0.25, 0.3) is 0 Å². The minimum absolute atomic E-state index is 0.459. The van der Waals surface area contributed by atoms with E-state index in [0.29, 0.717) is 6.04 Å². The van der Waals surface area contributed by atoms with Gasteiger partial charge in [0, 0.05) is 45.7 Å². The van der Waals surface area contributed by atoms with E-state index in [4.69, 9.17) is 0 Å². The van der Waals surface area contributed by atoms with Gasteiger partial charge in [-0.2, -0.15) is 0 Å². The van der Waals surface area contributed by atoms with Gasteiger partial charge in [0.2, 0.25) is 0 Å². The number of nitrogens with zero attached hydrogens (tertiary/aromatic N) is 1. The zero-order chi connectivity index (χ0) is 13.9. The van der Waals surface area contributed by atoms with Crippen LogP contribution in [0.5, 0.6) is 0 Å². The smallest absolute Gasteiger partial charge is 0.0790 e. The highest BCUT2D eigenvalue weighted by molar-refractivity contribution is 7.13. The fourth-order valence-corrected chi connectivity index (χ4v) is 4.99. The Morgan fingerprint density at radius 2 is 1.80 bits per heavy atom. The van der Waals surface area contributed by atoms with Crippen LogP contribution in [0.2, 0.25) is 0 Å². The summed E-state index contributed by atoms with van der Waals surface area (Å²) in [7, 11) is 0. The summed E-state index contributed by atoms with van der Waals surface area (Å²) in [4.78, 5) is 8.54. The van der Waals surface area contributed by atoms with Crippen molar-refractivity contribution in [3.63, 3.8) is 0 Å². The summed E-state index contributed by atoms with van der Waals surface area (Å²) in [5.74, 6) is 0. The molecular weight excluding hydrogens is 284 g/mol. The van der Waals surface area contributed by atoms with Crippen molar-refractivity contribution in [3.8, 4) is 0 Å². The number of aryl methyl sites for hydroxylation is 2. The maximum Gasteiger partial charge on any atom is 0.0790 e. The Balaban J connectivity index is 1.93. The van der Waals surface area contributed by atoms with Crippen molar-refractivity contribution < 1.29 is 0 Å². The van der Waals surface area contributed by atoms with Gasteiger partial charge in [-0.1, -0.05) is 6.92 Å². The molecule has 2 nitrogen and oxygen atoms in total. The van der Waals surface area contributed by atoms with E-state index in [9.17, 15) is 0 Å². The summed E-state index contributed by atoms with van der Waals surface area (Å²) in [6.45, 7) is 8.93. The molecule has 20 heavy (non-hydrogen) atoms. The van der Waals surface area contributed by atoms with Gasteiger partial charge in [-0.15, -0.1) is 22.7 Å². The van der Waals surface area contributed by atoms with Gasteiger partial charge in [-0.25, -0.2) is 0 Å². The van der Waals surface area contributed by atoms with Crippen LogP contribution in [-0.4, -0.2) is 31.1 Å². The van der Waals surface area contributed by atoms with Crippen LogP contribution < -0.4 is 5.32 Å². The van der Waals surface area contributed by atoms with Gasteiger partial charge in [-0.3, -0.25) is 4.90 Å². The molecule has 0 saturated carbocycles. The Morgan fingerprint density at radius 1 is 1.10 bits per heavy atom. The maximum atomic E-state index is 3.46. The lowest BCUT2D eigenvalue weighted by atomic mass is 10.1. The molecule has 0 aliphatic carbocycles. The largest absolute Gasteiger partial charge is 0.314 e. The second-order valence-corrected chi connectivity index (χ2v) is 7.81. The van der Waals surface area contributed by atoms with Gasteiger partial charge in [0.15, 0.2) is 0 Å². The second kappa shape index (κ2) is 6.39. The summed E-state index contributed by atoms with van der Waals surface area (Å²) in [6.07, 6.45) is 1.14. The zero-order valence-electron chi connectivity index (χ0n) is 12.2. The number of piperazine rings is 1. The Hall–Kier alpha value is -0.680. The van der Waals surface area contributed by atoms with E-state index in [0.717, 1.165) is 32.6 Å². The second-order valence-electron chi connectivity index (χ2n) is 5.29. The normalized spacial score (nSPS) is 18.3. The van der Waals surface area contributed by atoms with Crippen LogP contribution in [0.25, 0.3) is 0 Å². The van der Waals surface area contributed by atoms with Crippen LogP contribution in [0.3, 0.4) is 0 Å². The van der Waals surface area contributed by atoms with Crippen molar-refractivity contribution in [2.24, 2.45) is 0 Å². The van der Waals surface area contributed by atoms with Crippen molar-refractivity contribution >= 4 is 22.7 Å². The maximum absolute atomic E-state index is 3.46. The molecule has 0 radical (unpaired) electrons. The molecule has 1 N–H and O–H groups in total. The minimum atomic E-state index is 0.459. The first-order valence-corrected chi connectivity index (χ1v) is 9.01. The lowest BCUT2D eigenvalue weighted by Gasteiger charge is -2.34. The van der Waals surface area contributed by atoms with Gasteiger partial charge in [0.1, 0.15) is 0 Å². The van der Waals surface area contributed by atoms with E-state index in [-0.39, 0.29) is 0 Å². The first-order chi connectivity index (χ1) is 9.78. The van der Waals surface area contributed by atoms with E-state index < -0.39 is 0 Å². The standard InChI is InChI=1S/C16H22N2S2/c1-3-13-5-7-15(20-13)16(14-6-4-12(2)19-14)18-10-8-17-9-11-18/h4-7,16-17H,3,8-11H2,1-2H3. The summed E-state index contributed by atoms with van der Waals surface area (Å²) in [5.41, 5.74) is 0. The number of hydrogen-bond acceptors (Lipinski definition) is 4. The number of thiophene rings is 2. The van der Waals surface area contributed by atoms with Crippen LogP contribution in [0.1, 0.15) is 32.5 Å². The van der Waals surface area contributed by atoms with Crippen molar-refractivity contribution in [1.82, 2.24) is 10.2 Å². The summed E-state index contributed by atoms with van der Waals surface area (Å²) < 4.78 is 0. The van der Waals surface area contributed by atoms with Crippen molar-refractivity contribution in [2.75, 3.05) is 26.2 Å². The molecule has 1 unspecified atom stereocenters. The third-order valence-corrected chi connectivity index (χ3v) is 6.18. The molecule has 1 aliphatic heterocycles. The monoisotopic (exact) mass is 306 g/mol. The average molecular weight is 307 g/mol. The highest BCUT2D eigenvalue weighted by atomic mass is 32.1. The molecule has 3 heterocycles. The average Bonchev–Trinajstić information content (AvgIpc) is 3.10. The third kappa shape index (κ3) is 2.98. The number of nitrogens with one attached hydrogen (secondary N) is 1. The van der Waals surface area contributed by atoms with Gasteiger partial charge in [0.05, 0.1) is 6.04 Å². The van der Waals surface area contributed by atoms with Gasteiger partial charge >= 0.3 is 0 Å². The van der Waals surface area contributed by atoms with Crippen molar-refractivity contribution in [3.05, 3.63) is 43.8 Å². The lowest BCUT2D eigenvalue weighted by molar-refractivity contribution is 0.203. The molecule has 2 aromatic heterocycles. The zero-order valence-corrected chi connectivity index (χ0v) is 13.8. The van der Waals surface area contributed by atoms with E-state index in [1.807, 2.05) is 22.7 Å². The van der Waals surface area contributed by atoms with Crippen LogP contribution >= 0.6 is 22.7 Å². The predicted octanol–water partition coefficient (Wildman–Crippen LogP) is 3.68. The molecule has 1 atom stereocenters. The van der Waals surface area contributed by atoms with E-state index in [1.54, 1.807) is 0 Å². The lowest BCUT2D eigenvalue weighted by Crippen LogP contribution is -2.45. The van der Waals surface area contributed by atoms with E-state index >= 15 is 0 Å². The molecule has 0 aromatic carbocycles. The van der Waals surface area contributed by atoms with Gasteiger partial charge in [-0.05, 0) is 37.6 Å². The summed E-state index contributed by atoms with van der Waals surface area (Å²) in [6, 6.07) is 9.67. The molecule has 0 bridgehead atoms. The first kappa shape index (κ1) is 14.3. The molecule has 0 amide bonds. The third-order valence-electron chi connectivity index (χ3n) is 3.85. The van der Waals surface area contributed by atoms with Crippen LogP contribution in [0.15, 0.2) is 24.3 Å². The molecule has 3 rings (SSSR count). The fourth-order valence-electron chi connectivity index (χ4n) is 2.77. The molecule has 1 aliphatic rings. The molecule has 4 heteroatoms. The Kier molecular flexibility index (Phi) is 4.56. The summed E-state index contributed by atoms with van der Waals surface area (Å²) in [5, 5.41) is 3.46. The van der Waals surface area contributed by atoms with Crippen LogP contribution in [-0.2, 0) is 6.42 Å². The Morgan fingerprint density at radius 3 is 2.40 bits per heavy atom. The number of rotatable bonds is 4. The highest BCUT2D eigenvalue weighted by Crippen LogP contribution is 2.37. The van der Waals surface area contributed by atoms with E-state index in [2.05, 4.69) is 48.3 Å². The van der Waals surface area contributed by atoms with Crippen molar-refractivity contribution in [1.29, 1.82) is 0 Å². The quantitative estimate of drug-likeness (QED) is 0.927. The first-order valence-electron chi connectivity index (χ1n) is 7.37. The number of hydrogen-bond donors (Lipinski definition) is 1. The Bertz CT molecular complexity index is 552. The fraction of sp³-hybridized carbons (Fsp3) is 0.500. The molecule has 1 fully saturated rings. The minimum Gasteiger partial charge on any atom is -0.314 e. The van der Waals surface area contributed by atoms with E-state index in [1.165, 1.54) is 19.5 Å². The summed E-state index contributed by atoms with van der Waals surface area (Å²) >= 11 is 3.93. The van der Waals surface area contributed by atoms with Crippen molar-refractivity contribution in [2.45, 2.75) is 26.3 Å². The molecule has 1 saturated heterocycles. The Labute approximate surface area is 129 Å². The molecular formula is C16H22N2S2. The van der Waals surface area contributed by atoms with Gasteiger partial charge < -0.3 is 5.32 Å². The highest BCUT2D eigenvalue weighted by Gasteiger charge is 2.26. The predicted molar refractivity (Wildman–Crippen MR) is 89.0 cm³/mol. The molecule has 0 spiro atoms.